The molecule has 1 aliphatic heterocycles. The Labute approximate surface area is 146 Å². The van der Waals surface area contributed by atoms with Crippen LogP contribution in [0.5, 0.6) is 0 Å². The highest BCUT2D eigenvalue weighted by Gasteiger charge is 2.41. The molecular formula is C18H22N2O5. The predicted octanol–water partition coefficient (Wildman–Crippen LogP) is 1.52. The fourth-order valence-corrected chi connectivity index (χ4v) is 2.42. The number of carbonyl (C=O) groups is 4. The highest BCUT2D eigenvalue weighted by atomic mass is 16.5. The molecule has 2 rings (SSSR count). The van der Waals surface area contributed by atoms with Crippen LogP contribution in [0.3, 0.4) is 0 Å². The Hall–Kier alpha value is -2.70. The molecule has 1 aliphatic rings. The molecule has 1 aromatic carbocycles. The molecule has 0 spiro atoms. The van der Waals surface area contributed by atoms with Crippen molar-refractivity contribution in [3.63, 3.8) is 0 Å². The van der Waals surface area contributed by atoms with Crippen LogP contribution in [0.15, 0.2) is 24.3 Å². The van der Waals surface area contributed by atoms with Gasteiger partial charge in [-0.1, -0.05) is 19.1 Å². The van der Waals surface area contributed by atoms with Gasteiger partial charge in [-0.2, -0.15) is 0 Å². The van der Waals surface area contributed by atoms with Gasteiger partial charge in [-0.05, 0) is 39.3 Å². The number of carbonyl (C=O) groups excluding carboxylic acids is 4. The van der Waals surface area contributed by atoms with Crippen LogP contribution < -0.4 is 5.32 Å². The second-order valence-electron chi connectivity index (χ2n) is 6.60. The average Bonchev–Trinajstić information content (AvgIpc) is 2.83. The maximum atomic E-state index is 12.3. The predicted molar refractivity (Wildman–Crippen MR) is 89.9 cm³/mol. The lowest BCUT2D eigenvalue weighted by Gasteiger charge is -2.25. The first-order valence-electron chi connectivity index (χ1n) is 8.12. The number of benzene rings is 1. The van der Waals surface area contributed by atoms with E-state index in [9.17, 15) is 19.2 Å². The summed E-state index contributed by atoms with van der Waals surface area (Å²) in [6.07, 6.45) is 0.720. The van der Waals surface area contributed by atoms with E-state index in [4.69, 9.17) is 4.74 Å². The minimum absolute atomic E-state index is 0.259. The summed E-state index contributed by atoms with van der Waals surface area (Å²) in [4.78, 5) is 49.5. The van der Waals surface area contributed by atoms with Gasteiger partial charge in [0.1, 0.15) is 6.04 Å². The zero-order valence-corrected chi connectivity index (χ0v) is 14.8. The number of ether oxygens (including phenoxy) is 1. The van der Waals surface area contributed by atoms with Crippen LogP contribution in [0, 0.1) is 0 Å². The number of imide groups is 1. The second kappa shape index (κ2) is 7.04. The summed E-state index contributed by atoms with van der Waals surface area (Å²) in [5.74, 6) is -2.32. The van der Waals surface area contributed by atoms with Crippen LogP contribution in [0.25, 0.3) is 0 Å². The zero-order valence-electron chi connectivity index (χ0n) is 14.8. The molecule has 0 unspecified atom stereocenters. The Morgan fingerprint density at radius 2 is 1.68 bits per heavy atom. The number of hydrogen-bond donors (Lipinski definition) is 1. The first-order chi connectivity index (χ1) is 11.7. The van der Waals surface area contributed by atoms with E-state index in [0.717, 1.165) is 11.3 Å². The van der Waals surface area contributed by atoms with E-state index in [-0.39, 0.29) is 11.1 Å². The SMILES string of the molecule is CCC(C)(C)NC(=O)COC(=O)[C@H](C)N1C(=O)c2ccccc2C1=O. The molecule has 7 heteroatoms. The molecule has 134 valence electrons. The number of rotatable bonds is 6. The Bertz CT molecular complexity index is 691. The zero-order chi connectivity index (χ0) is 18.8. The Morgan fingerprint density at radius 1 is 1.16 bits per heavy atom. The molecule has 1 N–H and O–H groups in total. The molecule has 0 saturated carbocycles. The van der Waals surface area contributed by atoms with Crippen molar-refractivity contribution in [1.82, 2.24) is 10.2 Å². The molecule has 3 amide bonds. The van der Waals surface area contributed by atoms with Crippen LogP contribution in [0.4, 0.5) is 0 Å². The number of nitrogens with one attached hydrogen (secondary N) is 1. The third kappa shape index (κ3) is 3.87. The summed E-state index contributed by atoms with van der Waals surface area (Å²) >= 11 is 0. The van der Waals surface area contributed by atoms with E-state index in [1.807, 2.05) is 20.8 Å². The lowest BCUT2D eigenvalue weighted by Crippen LogP contribution is -2.47. The standard InChI is InChI=1S/C18H22N2O5/c1-5-18(3,4)19-14(21)10-25-17(24)11(2)20-15(22)12-8-6-7-9-13(12)16(20)23/h6-9,11H,5,10H2,1-4H3,(H,19,21)/t11-/m0/s1. The van der Waals surface area contributed by atoms with E-state index < -0.39 is 41.9 Å². The Balaban J connectivity index is 1.99. The summed E-state index contributed by atoms with van der Waals surface area (Å²) < 4.78 is 4.97. The van der Waals surface area contributed by atoms with Gasteiger partial charge < -0.3 is 10.1 Å². The molecule has 0 fully saturated rings. The summed E-state index contributed by atoms with van der Waals surface area (Å²) in [6, 6.07) is 5.26. The van der Waals surface area contributed by atoms with Gasteiger partial charge in [0.05, 0.1) is 11.1 Å². The number of esters is 1. The lowest BCUT2D eigenvalue weighted by atomic mass is 10.0. The van der Waals surface area contributed by atoms with E-state index in [1.54, 1.807) is 12.1 Å². The van der Waals surface area contributed by atoms with Crippen molar-refractivity contribution in [3.05, 3.63) is 35.4 Å². The van der Waals surface area contributed by atoms with E-state index >= 15 is 0 Å². The van der Waals surface area contributed by atoms with Crippen molar-refractivity contribution in [3.8, 4) is 0 Å². The van der Waals surface area contributed by atoms with E-state index in [1.165, 1.54) is 19.1 Å². The molecule has 7 nitrogen and oxygen atoms in total. The van der Waals surface area contributed by atoms with Crippen LogP contribution in [-0.4, -0.2) is 46.8 Å². The molecule has 0 saturated heterocycles. The van der Waals surface area contributed by atoms with Gasteiger partial charge in [-0.15, -0.1) is 0 Å². The van der Waals surface area contributed by atoms with Crippen molar-refractivity contribution in [1.29, 1.82) is 0 Å². The summed E-state index contributed by atoms with van der Waals surface area (Å²) in [5.41, 5.74) is 0.113. The van der Waals surface area contributed by atoms with Crippen molar-refractivity contribution >= 4 is 23.7 Å². The lowest BCUT2D eigenvalue weighted by molar-refractivity contribution is -0.152. The van der Waals surface area contributed by atoms with Gasteiger partial charge in [0.2, 0.25) is 0 Å². The average molecular weight is 346 g/mol. The molecule has 0 aromatic heterocycles. The number of hydrogen-bond acceptors (Lipinski definition) is 5. The molecule has 1 atom stereocenters. The number of nitrogens with zero attached hydrogens (tertiary/aromatic N) is 1. The Morgan fingerprint density at radius 3 is 2.16 bits per heavy atom. The smallest absolute Gasteiger partial charge is 0.329 e. The van der Waals surface area contributed by atoms with Crippen molar-refractivity contribution in [2.24, 2.45) is 0 Å². The van der Waals surface area contributed by atoms with Gasteiger partial charge in [0, 0.05) is 5.54 Å². The fraction of sp³-hybridized carbons (Fsp3) is 0.444. The van der Waals surface area contributed by atoms with Gasteiger partial charge >= 0.3 is 5.97 Å². The normalized spacial score (nSPS) is 15.0. The molecule has 1 heterocycles. The highest BCUT2D eigenvalue weighted by Crippen LogP contribution is 2.24. The fourth-order valence-electron chi connectivity index (χ4n) is 2.42. The second-order valence-corrected chi connectivity index (χ2v) is 6.60. The van der Waals surface area contributed by atoms with Crippen molar-refractivity contribution < 1.29 is 23.9 Å². The number of fused-ring (bicyclic) bond motifs is 1. The van der Waals surface area contributed by atoms with Gasteiger partial charge in [-0.3, -0.25) is 19.3 Å². The molecular weight excluding hydrogens is 324 g/mol. The Kier molecular flexibility index (Phi) is 5.25. The van der Waals surface area contributed by atoms with E-state index in [0.29, 0.717) is 0 Å². The van der Waals surface area contributed by atoms with Crippen LogP contribution >= 0.6 is 0 Å². The third-order valence-electron chi connectivity index (χ3n) is 4.26. The summed E-state index contributed by atoms with van der Waals surface area (Å²) in [7, 11) is 0. The minimum Gasteiger partial charge on any atom is -0.454 e. The largest absolute Gasteiger partial charge is 0.454 e. The molecule has 0 bridgehead atoms. The first-order valence-corrected chi connectivity index (χ1v) is 8.12. The van der Waals surface area contributed by atoms with Gasteiger partial charge in [0.15, 0.2) is 6.61 Å². The van der Waals surface area contributed by atoms with Crippen LogP contribution in [0.1, 0.15) is 54.8 Å². The number of amides is 3. The maximum Gasteiger partial charge on any atom is 0.329 e. The van der Waals surface area contributed by atoms with Gasteiger partial charge in [0.25, 0.3) is 17.7 Å². The van der Waals surface area contributed by atoms with Crippen molar-refractivity contribution in [2.45, 2.75) is 45.7 Å². The molecule has 0 aliphatic carbocycles. The van der Waals surface area contributed by atoms with Gasteiger partial charge in [-0.25, -0.2) is 4.79 Å². The molecule has 1 aromatic rings. The quantitative estimate of drug-likeness (QED) is 0.623. The van der Waals surface area contributed by atoms with Crippen LogP contribution in [0.2, 0.25) is 0 Å². The maximum absolute atomic E-state index is 12.3. The molecule has 25 heavy (non-hydrogen) atoms. The monoisotopic (exact) mass is 346 g/mol. The third-order valence-corrected chi connectivity index (χ3v) is 4.26. The first kappa shape index (κ1) is 18.6. The van der Waals surface area contributed by atoms with E-state index in [2.05, 4.69) is 5.32 Å². The topological polar surface area (TPSA) is 92.8 Å². The van der Waals surface area contributed by atoms with Crippen LogP contribution in [-0.2, 0) is 14.3 Å². The molecule has 0 radical (unpaired) electrons. The van der Waals surface area contributed by atoms with Crippen molar-refractivity contribution in [2.75, 3.05) is 6.61 Å². The summed E-state index contributed by atoms with van der Waals surface area (Å²) in [6.45, 7) is 6.58. The highest BCUT2D eigenvalue weighted by molar-refractivity contribution is 6.22. The summed E-state index contributed by atoms with van der Waals surface area (Å²) in [5, 5.41) is 2.74. The minimum atomic E-state index is -1.11.